The highest BCUT2D eigenvalue weighted by Gasteiger charge is 2.26. The first-order valence-electron chi connectivity index (χ1n) is 9.93. The van der Waals surface area contributed by atoms with Crippen LogP contribution < -0.4 is 10.1 Å². The summed E-state index contributed by atoms with van der Waals surface area (Å²) in [6, 6.07) is 15.3. The second kappa shape index (κ2) is 9.85. The van der Waals surface area contributed by atoms with Crippen LogP contribution in [0.4, 0.5) is 5.69 Å². The maximum atomic E-state index is 12.8. The molecule has 2 heterocycles. The lowest BCUT2D eigenvalue weighted by atomic mass is 10.3. The largest absolute Gasteiger partial charge is 0.485 e. The first-order valence-corrected chi connectivity index (χ1v) is 11.4. The third kappa shape index (κ3) is 5.46. The summed E-state index contributed by atoms with van der Waals surface area (Å²) in [5, 5.41) is 14.5. The normalized spacial score (nSPS) is 14.8. The number of hydrogen-bond acceptors (Lipinski definition) is 8. The molecule has 0 spiro atoms. The molecule has 0 atom stereocenters. The molecule has 0 unspecified atom stereocenters. The van der Waals surface area contributed by atoms with E-state index in [1.54, 1.807) is 12.1 Å². The van der Waals surface area contributed by atoms with Crippen LogP contribution in [-0.4, -0.2) is 65.1 Å². The van der Waals surface area contributed by atoms with E-state index >= 15 is 0 Å². The minimum Gasteiger partial charge on any atom is -0.485 e. The molecule has 11 nitrogen and oxygen atoms in total. The molecule has 1 aliphatic heterocycles. The number of morpholine rings is 1. The van der Waals surface area contributed by atoms with Crippen LogP contribution in [0.2, 0.25) is 0 Å². The van der Waals surface area contributed by atoms with E-state index in [2.05, 4.69) is 20.7 Å². The Hall–Kier alpha value is -3.35. The second-order valence-corrected chi connectivity index (χ2v) is 8.87. The summed E-state index contributed by atoms with van der Waals surface area (Å²) in [5.41, 5.74) is 0.358. The summed E-state index contributed by atoms with van der Waals surface area (Å²) in [6.45, 7) is 1.25. The van der Waals surface area contributed by atoms with E-state index in [0.717, 1.165) is 4.80 Å². The summed E-state index contributed by atoms with van der Waals surface area (Å²) in [4.78, 5) is 13.6. The molecule has 12 heteroatoms. The van der Waals surface area contributed by atoms with Crippen LogP contribution >= 0.6 is 0 Å². The molecule has 1 aliphatic rings. The summed E-state index contributed by atoms with van der Waals surface area (Å²) in [7, 11) is -3.66. The molecule has 0 radical (unpaired) electrons. The molecule has 3 aromatic rings. The topological polar surface area (TPSA) is 129 Å². The maximum Gasteiger partial charge on any atom is 0.248 e. The second-order valence-electron chi connectivity index (χ2n) is 6.93. The summed E-state index contributed by atoms with van der Waals surface area (Å²) < 4.78 is 37.7. The van der Waals surface area contributed by atoms with Crippen molar-refractivity contribution < 1.29 is 22.7 Å². The number of para-hydroxylation sites is 1. The van der Waals surface area contributed by atoms with Crippen LogP contribution in [0.25, 0.3) is 0 Å². The van der Waals surface area contributed by atoms with Crippen molar-refractivity contribution in [2.45, 2.75) is 18.0 Å². The van der Waals surface area contributed by atoms with E-state index < -0.39 is 15.9 Å². The number of amides is 1. The van der Waals surface area contributed by atoms with Crippen molar-refractivity contribution in [3.8, 4) is 5.75 Å². The molecule has 1 saturated heterocycles. The fraction of sp³-hybridized carbons (Fsp3) is 0.300. The van der Waals surface area contributed by atoms with Crippen LogP contribution in [0.15, 0.2) is 59.5 Å². The Balaban J connectivity index is 1.34. The molecule has 168 valence electrons. The number of carbonyl (C=O) groups is 1. The van der Waals surface area contributed by atoms with Crippen molar-refractivity contribution in [2.75, 3.05) is 31.6 Å². The Labute approximate surface area is 185 Å². The smallest absolute Gasteiger partial charge is 0.248 e. The SMILES string of the molecule is O=C(Cn1nnc(COc2ccccc2)n1)Nc1cccc(S(=O)(=O)N2CCOCC2)c1. The number of hydrogen-bond donors (Lipinski definition) is 1. The quantitative estimate of drug-likeness (QED) is 0.528. The lowest BCUT2D eigenvalue weighted by Gasteiger charge is -2.26. The van der Waals surface area contributed by atoms with Crippen molar-refractivity contribution in [1.29, 1.82) is 0 Å². The first kappa shape index (κ1) is 21.9. The molecule has 0 bridgehead atoms. The summed E-state index contributed by atoms with van der Waals surface area (Å²) in [6.07, 6.45) is 0. The number of ether oxygens (including phenoxy) is 2. The molecule has 0 saturated carbocycles. The average Bonchev–Trinajstić information content (AvgIpc) is 3.26. The highest BCUT2D eigenvalue weighted by molar-refractivity contribution is 7.89. The van der Waals surface area contributed by atoms with Gasteiger partial charge in [0.1, 0.15) is 12.3 Å². The monoisotopic (exact) mass is 458 g/mol. The van der Waals surface area contributed by atoms with Gasteiger partial charge >= 0.3 is 0 Å². The fourth-order valence-corrected chi connectivity index (χ4v) is 4.52. The van der Waals surface area contributed by atoms with Gasteiger partial charge in [0.15, 0.2) is 6.61 Å². The number of anilines is 1. The third-order valence-electron chi connectivity index (χ3n) is 4.62. The zero-order valence-electron chi connectivity index (χ0n) is 17.1. The van der Waals surface area contributed by atoms with Gasteiger partial charge in [0.2, 0.25) is 21.8 Å². The first-order chi connectivity index (χ1) is 15.5. The van der Waals surface area contributed by atoms with E-state index in [-0.39, 0.29) is 18.0 Å². The fourth-order valence-electron chi connectivity index (χ4n) is 3.07. The van der Waals surface area contributed by atoms with Gasteiger partial charge in [-0.3, -0.25) is 4.79 Å². The lowest BCUT2D eigenvalue weighted by molar-refractivity contribution is -0.117. The van der Waals surface area contributed by atoms with Crippen LogP contribution in [0.1, 0.15) is 5.82 Å². The Bertz CT molecular complexity index is 1160. The number of nitrogens with zero attached hydrogens (tertiary/aromatic N) is 5. The minimum atomic E-state index is -3.66. The predicted octanol–water partition coefficient (Wildman–Crippen LogP) is 0.912. The standard InChI is InChI=1S/C20H22N6O5S/c27-20(14-26-23-19(22-24-26)15-31-17-6-2-1-3-7-17)21-16-5-4-8-18(13-16)32(28,29)25-9-11-30-12-10-25/h1-8,13H,9-12,14-15H2,(H,21,27). The number of tetrazole rings is 1. The maximum absolute atomic E-state index is 12.8. The van der Waals surface area contributed by atoms with Gasteiger partial charge in [-0.05, 0) is 35.5 Å². The highest BCUT2D eigenvalue weighted by Crippen LogP contribution is 2.20. The molecular weight excluding hydrogens is 436 g/mol. The van der Waals surface area contributed by atoms with E-state index in [4.69, 9.17) is 9.47 Å². The Kier molecular flexibility index (Phi) is 6.73. The molecule has 32 heavy (non-hydrogen) atoms. The number of carbonyl (C=O) groups excluding carboxylic acids is 1. The van der Waals surface area contributed by atoms with Crippen molar-refractivity contribution in [1.82, 2.24) is 24.5 Å². The van der Waals surface area contributed by atoms with Gasteiger partial charge in [-0.1, -0.05) is 24.3 Å². The van der Waals surface area contributed by atoms with E-state index in [1.165, 1.54) is 16.4 Å². The van der Waals surface area contributed by atoms with Gasteiger partial charge in [0, 0.05) is 18.8 Å². The molecule has 1 N–H and O–H groups in total. The van der Waals surface area contributed by atoms with Gasteiger partial charge < -0.3 is 14.8 Å². The lowest BCUT2D eigenvalue weighted by Crippen LogP contribution is -2.40. The zero-order chi connectivity index (χ0) is 22.4. The number of rotatable bonds is 8. The van der Waals surface area contributed by atoms with Gasteiger partial charge in [-0.25, -0.2) is 8.42 Å². The van der Waals surface area contributed by atoms with Gasteiger partial charge in [-0.2, -0.15) is 9.10 Å². The van der Waals surface area contributed by atoms with E-state index in [1.807, 2.05) is 30.3 Å². The Morgan fingerprint density at radius 2 is 1.88 bits per heavy atom. The van der Waals surface area contributed by atoms with Crippen LogP contribution in [0.5, 0.6) is 5.75 Å². The van der Waals surface area contributed by atoms with Gasteiger partial charge in [0.25, 0.3) is 0 Å². The molecule has 4 rings (SSSR count). The highest BCUT2D eigenvalue weighted by atomic mass is 32.2. The predicted molar refractivity (Wildman–Crippen MR) is 113 cm³/mol. The molecule has 0 aliphatic carbocycles. The third-order valence-corrected chi connectivity index (χ3v) is 6.51. The summed E-state index contributed by atoms with van der Waals surface area (Å²) in [5.74, 6) is 0.590. The van der Waals surface area contributed by atoms with E-state index in [9.17, 15) is 13.2 Å². The molecule has 1 fully saturated rings. The van der Waals surface area contributed by atoms with Crippen LogP contribution in [-0.2, 0) is 32.7 Å². The van der Waals surface area contributed by atoms with Gasteiger partial charge in [-0.15, -0.1) is 10.2 Å². The number of aromatic nitrogens is 4. The van der Waals surface area contributed by atoms with Crippen molar-refractivity contribution in [3.05, 3.63) is 60.4 Å². The Morgan fingerprint density at radius 3 is 2.66 bits per heavy atom. The molecule has 1 aromatic heterocycles. The molecule has 1 amide bonds. The average molecular weight is 459 g/mol. The number of benzene rings is 2. The minimum absolute atomic E-state index is 0.108. The van der Waals surface area contributed by atoms with Crippen molar-refractivity contribution in [2.24, 2.45) is 0 Å². The van der Waals surface area contributed by atoms with Crippen LogP contribution in [0, 0.1) is 0 Å². The van der Waals surface area contributed by atoms with Crippen molar-refractivity contribution in [3.63, 3.8) is 0 Å². The molecular formula is C20H22N6O5S. The molecule has 2 aromatic carbocycles. The number of nitrogens with one attached hydrogen (secondary N) is 1. The van der Waals surface area contributed by atoms with Gasteiger partial charge in [0.05, 0.1) is 18.1 Å². The van der Waals surface area contributed by atoms with Crippen molar-refractivity contribution >= 4 is 21.6 Å². The van der Waals surface area contributed by atoms with E-state index in [0.29, 0.717) is 43.6 Å². The summed E-state index contributed by atoms with van der Waals surface area (Å²) >= 11 is 0. The number of sulfonamides is 1. The zero-order valence-corrected chi connectivity index (χ0v) is 17.9. The Morgan fingerprint density at radius 1 is 1.09 bits per heavy atom. The van der Waals surface area contributed by atoms with Crippen LogP contribution in [0.3, 0.4) is 0 Å².